The van der Waals surface area contributed by atoms with Crippen molar-refractivity contribution in [2.45, 2.75) is 150 Å². The van der Waals surface area contributed by atoms with E-state index < -0.39 is 11.6 Å². The maximum Gasteiger partial charge on any atom is 0.407 e. The summed E-state index contributed by atoms with van der Waals surface area (Å²) in [6.07, 6.45) is 17.8. The van der Waals surface area contributed by atoms with E-state index in [2.05, 4.69) is 22.0 Å². The Balaban J connectivity index is 0.000000711. The summed E-state index contributed by atoms with van der Waals surface area (Å²) in [5, 5.41) is 8.25. The van der Waals surface area contributed by atoms with Crippen LogP contribution in [-0.4, -0.2) is 54.5 Å². The number of nitrogens with one attached hydrogen (secondary N) is 3. The molecule has 1 atom stereocenters. The molecular weight excluding hydrogens is 705 g/mol. The fourth-order valence-corrected chi connectivity index (χ4v) is 6.19. The molecular formula is C46H68N4O6. The maximum absolute atomic E-state index is 13.7. The predicted octanol–water partition coefficient (Wildman–Crippen LogP) is 9.16. The first-order chi connectivity index (χ1) is 26.8. The average molecular weight is 773 g/mol. The van der Waals surface area contributed by atoms with E-state index in [1.165, 1.54) is 11.1 Å². The van der Waals surface area contributed by atoms with Crippen molar-refractivity contribution < 1.29 is 28.7 Å². The van der Waals surface area contributed by atoms with E-state index in [0.717, 1.165) is 88.3 Å². The average Bonchev–Trinajstić information content (AvgIpc) is 3.18. The van der Waals surface area contributed by atoms with Gasteiger partial charge < -0.3 is 15.4 Å². The van der Waals surface area contributed by atoms with E-state index in [4.69, 9.17) is 4.74 Å². The minimum Gasteiger partial charge on any atom is -0.444 e. The van der Waals surface area contributed by atoms with Gasteiger partial charge in [0.2, 0.25) is 17.7 Å². The lowest BCUT2D eigenvalue weighted by atomic mass is 9.89. The zero-order valence-electron chi connectivity index (χ0n) is 35.1. The smallest absolute Gasteiger partial charge is 0.407 e. The zero-order valence-corrected chi connectivity index (χ0v) is 35.1. The van der Waals surface area contributed by atoms with Crippen LogP contribution in [0.15, 0.2) is 66.3 Å². The minimum absolute atomic E-state index is 0.0574. The highest BCUT2D eigenvalue weighted by atomic mass is 16.6. The standard InChI is InChI=1S/C36H51N3O4.C10H17NO2/c1-5-33(40)39(31-23-17-21-29-20-13-14-22-30(29)31)32(25-24-28-18-11-10-12-19-28)34(41)37-26-15-8-6-7-9-16-27-38-35(42)43-36(2,3)4;1-4-6-7-9(12)11-10(13)8(3)5-2/h10-12,17-19,21,23-25,32H,5-9,13-16,20,22,26-27H2,1-4H3,(H,37,41)(H,38,42);5H,4,6-7H2,1-3H3,(H,11,12,13)/b25-24+;8-5-. The number of unbranched alkanes of at least 4 members (excludes halogenated alkanes) is 6. The monoisotopic (exact) mass is 773 g/mol. The van der Waals surface area contributed by atoms with Crippen molar-refractivity contribution >= 4 is 41.5 Å². The lowest BCUT2D eigenvalue weighted by Gasteiger charge is -2.32. The molecule has 0 heterocycles. The van der Waals surface area contributed by atoms with Gasteiger partial charge in [-0.15, -0.1) is 0 Å². The van der Waals surface area contributed by atoms with Crippen molar-refractivity contribution in [3.05, 3.63) is 82.9 Å². The van der Waals surface area contributed by atoms with Gasteiger partial charge >= 0.3 is 6.09 Å². The first-order valence-corrected chi connectivity index (χ1v) is 20.7. The molecule has 0 radical (unpaired) electrons. The Kier molecular flexibility index (Phi) is 22.2. The van der Waals surface area contributed by atoms with Gasteiger partial charge in [-0.2, -0.15) is 0 Å². The molecule has 0 saturated carbocycles. The van der Waals surface area contributed by atoms with Crippen molar-refractivity contribution in [1.29, 1.82) is 0 Å². The number of hydrogen-bond donors (Lipinski definition) is 3. The van der Waals surface area contributed by atoms with Crippen LogP contribution in [0.3, 0.4) is 0 Å². The number of amides is 5. The van der Waals surface area contributed by atoms with Gasteiger partial charge in [-0.25, -0.2) is 4.79 Å². The van der Waals surface area contributed by atoms with Gasteiger partial charge in [0, 0.05) is 37.2 Å². The molecule has 0 fully saturated rings. The highest BCUT2D eigenvalue weighted by Gasteiger charge is 2.31. The number of aryl methyl sites for hydroxylation is 1. The van der Waals surface area contributed by atoms with Gasteiger partial charge in [0.05, 0.1) is 0 Å². The fourth-order valence-electron chi connectivity index (χ4n) is 6.19. The number of hydrogen-bond acceptors (Lipinski definition) is 6. The number of anilines is 1. The van der Waals surface area contributed by atoms with E-state index in [9.17, 15) is 24.0 Å². The van der Waals surface area contributed by atoms with Crippen molar-refractivity contribution in [3.63, 3.8) is 0 Å². The van der Waals surface area contributed by atoms with Gasteiger partial charge in [-0.05, 0) is 102 Å². The Morgan fingerprint density at radius 3 is 2.09 bits per heavy atom. The lowest BCUT2D eigenvalue weighted by Crippen LogP contribution is -2.49. The third-order valence-corrected chi connectivity index (χ3v) is 9.39. The predicted molar refractivity (Wildman–Crippen MR) is 227 cm³/mol. The second-order valence-electron chi connectivity index (χ2n) is 15.2. The van der Waals surface area contributed by atoms with Crippen LogP contribution in [-0.2, 0) is 36.8 Å². The molecule has 10 heteroatoms. The molecule has 2 aromatic rings. The summed E-state index contributed by atoms with van der Waals surface area (Å²) in [7, 11) is 0. The van der Waals surface area contributed by atoms with Crippen LogP contribution < -0.4 is 20.9 Å². The van der Waals surface area contributed by atoms with E-state index in [1.54, 1.807) is 24.8 Å². The van der Waals surface area contributed by atoms with Crippen LogP contribution in [0.25, 0.3) is 6.08 Å². The van der Waals surface area contributed by atoms with Crippen LogP contribution in [0.5, 0.6) is 0 Å². The molecule has 3 N–H and O–H groups in total. The summed E-state index contributed by atoms with van der Waals surface area (Å²) in [6, 6.07) is 15.3. The number of rotatable bonds is 19. The molecule has 1 aliphatic rings. The second-order valence-corrected chi connectivity index (χ2v) is 15.2. The molecule has 3 rings (SSSR count). The maximum atomic E-state index is 13.7. The molecule has 10 nitrogen and oxygen atoms in total. The number of nitrogens with zero attached hydrogens (tertiary/aromatic N) is 1. The molecule has 56 heavy (non-hydrogen) atoms. The number of ether oxygens (including phenoxy) is 1. The molecule has 308 valence electrons. The van der Waals surface area contributed by atoms with Gasteiger partial charge in [0.25, 0.3) is 5.91 Å². The molecule has 0 aromatic heterocycles. The molecule has 0 spiro atoms. The molecule has 2 aromatic carbocycles. The quantitative estimate of drug-likeness (QED) is 0.0964. The van der Waals surface area contributed by atoms with Gasteiger partial charge in [-0.3, -0.25) is 29.4 Å². The summed E-state index contributed by atoms with van der Waals surface area (Å²) in [4.78, 5) is 62.9. The summed E-state index contributed by atoms with van der Waals surface area (Å²) in [5.41, 5.74) is 4.42. The highest BCUT2D eigenvalue weighted by Crippen LogP contribution is 2.32. The van der Waals surface area contributed by atoms with E-state index in [1.807, 2.05) is 89.2 Å². The highest BCUT2D eigenvalue weighted by molar-refractivity contribution is 6.04. The molecule has 0 saturated heterocycles. The topological polar surface area (TPSA) is 134 Å². The Hall–Kier alpha value is -4.73. The zero-order chi connectivity index (χ0) is 41.3. The van der Waals surface area contributed by atoms with Gasteiger partial charge in [0.1, 0.15) is 11.6 Å². The van der Waals surface area contributed by atoms with E-state index in [-0.39, 0.29) is 29.7 Å². The number of carbonyl (C=O) groups excluding carboxylic acids is 5. The molecule has 5 amide bonds. The molecule has 0 aliphatic heterocycles. The largest absolute Gasteiger partial charge is 0.444 e. The van der Waals surface area contributed by atoms with Crippen molar-refractivity contribution in [2.75, 3.05) is 18.0 Å². The number of benzene rings is 2. The molecule has 1 unspecified atom stereocenters. The summed E-state index contributed by atoms with van der Waals surface area (Å²) < 4.78 is 5.26. The van der Waals surface area contributed by atoms with Gasteiger partial charge in [-0.1, -0.05) is 107 Å². The first kappa shape index (κ1) is 47.4. The van der Waals surface area contributed by atoms with Crippen LogP contribution in [0.2, 0.25) is 0 Å². The summed E-state index contributed by atoms with van der Waals surface area (Å²) in [6.45, 7) is 14.1. The molecule has 1 aliphatic carbocycles. The number of imide groups is 1. The SMILES string of the molecule is C/C=C(/C)C(=O)NC(=O)CCCC.CCC(=O)N(c1cccc2c1CCCC2)C(/C=C/c1ccccc1)C(=O)NCCCCCCCCNC(=O)OC(C)(C)C. The Bertz CT molecular complexity index is 1590. The lowest BCUT2D eigenvalue weighted by molar-refractivity contribution is -0.128. The Labute approximate surface area is 336 Å². The van der Waals surface area contributed by atoms with E-state index in [0.29, 0.717) is 31.5 Å². The van der Waals surface area contributed by atoms with Crippen LogP contribution in [0.1, 0.15) is 142 Å². The number of carbonyl (C=O) groups is 5. The van der Waals surface area contributed by atoms with Crippen molar-refractivity contribution in [3.8, 4) is 0 Å². The van der Waals surface area contributed by atoms with Crippen LogP contribution in [0, 0.1) is 0 Å². The van der Waals surface area contributed by atoms with Crippen LogP contribution >= 0.6 is 0 Å². The van der Waals surface area contributed by atoms with Crippen molar-refractivity contribution in [1.82, 2.24) is 16.0 Å². The summed E-state index contributed by atoms with van der Waals surface area (Å²) in [5.74, 6) is -0.690. The van der Waals surface area contributed by atoms with Crippen molar-refractivity contribution in [2.24, 2.45) is 0 Å². The summed E-state index contributed by atoms with van der Waals surface area (Å²) >= 11 is 0. The Morgan fingerprint density at radius 1 is 0.821 bits per heavy atom. The van der Waals surface area contributed by atoms with E-state index >= 15 is 0 Å². The number of allylic oxidation sites excluding steroid dienone is 1. The van der Waals surface area contributed by atoms with Gasteiger partial charge in [0.15, 0.2) is 0 Å². The Morgan fingerprint density at radius 2 is 1.46 bits per heavy atom. The van der Waals surface area contributed by atoms with Crippen LogP contribution in [0.4, 0.5) is 10.5 Å². The third-order valence-electron chi connectivity index (χ3n) is 9.39. The first-order valence-electron chi connectivity index (χ1n) is 20.7. The number of fused-ring (bicyclic) bond motifs is 1. The molecule has 0 bridgehead atoms. The normalized spacial score (nSPS) is 13.1. The minimum atomic E-state index is -0.737. The second kappa shape index (κ2) is 26.2. The third kappa shape index (κ3) is 18.3. The fraction of sp³-hybridized carbons (Fsp3) is 0.543. The number of alkyl carbamates (subject to hydrolysis) is 1.